The lowest BCUT2D eigenvalue weighted by Crippen LogP contribution is -2.41. The third-order valence-electron chi connectivity index (χ3n) is 4.27. The van der Waals surface area contributed by atoms with E-state index in [2.05, 4.69) is 15.6 Å². The van der Waals surface area contributed by atoms with Crippen molar-refractivity contribution in [1.29, 1.82) is 0 Å². The number of nitrogens with one attached hydrogen (secondary N) is 2. The second kappa shape index (κ2) is 8.77. The van der Waals surface area contributed by atoms with Crippen molar-refractivity contribution in [3.8, 4) is 0 Å². The van der Waals surface area contributed by atoms with Crippen LogP contribution in [0.5, 0.6) is 0 Å². The summed E-state index contributed by atoms with van der Waals surface area (Å²) in [5.41, 5.74) is -1.23. The summed E-state index contributed by atoms with van der Waals surface area (Å²) in [6.45, 7) is 4.81. The van der Waals surface area contributed by atoms with Crippen LogP contribution in [-0.2, 0) is 5.60 Å². The first-order valence-corrected chi connectivity index (χ1v) is 8.77. The van der Waals surface area contributed by atoms with Gasteiger partial charge >= 0.3 is 6.18 Å². The van der Waals surface area contributed by atoms with Gasteiger partial charge in [-0.3, -0.25) is 4.90 Å². The summed E-state index contributed by atoms with van der Waals surface area (Å²) >= 11 is 0. The van der Waals surface area contributed by atoms with Crippen molar-refractivity contribution in [1.82, 2.24) is 15.5 Å². The molecule has 1 aliphatic rings. The average molecular weight is 376 g/mol. The van der Waals surface area contributed by atoms with Crippen LogP contribution in [0.2, 0.25) is 0 Å². The van der Waals surface area contributed by atoms with E-state index in [9.17, 15) is 18.3 Å². The molecule has 1 aliphatic heterocycles. The number of hydrogen-bond acceptors (Lipinski definition) is 4. The van der Waals surface area contributed by atoms with Gasteiger partial charge in [-0.25, -0.2) is 4.99 Å². The van der Waals surface area contributed by atoms with Gasteiger partial charge in [-0.1, -0.05) is 0 Å². The number of alkyl halides is 3. The highest BCUT2D eigenvalue weighted by Crippen LogP contribution is 2.23. The van der Waals surface area contributed by atoms with E-state index in [4.69, 9.17) is 4.42 Å². The van der Waals surface area contributed by atoms with Gasteiger partial charge in [0.15, 0.2) is 5.96 Å². The van der Waals surface area contributed by atoms with Gasteiger partial charge in [-0.15, -0.1) is 0 Å². The van der Waals surface area contributed by atoms with Crippen LogP contribution in [0.1, 0.15) is 26.0 Å². The van der Waals surface area contributed by atoms with E-state index in [0.29, 0.717) is 44.3 Å². The van der Waals surface area contributed by atoms with E-state index in [1.165, 1.54) is 11.2 Å². The summed E-state index contributed by atoms with van der Waals surface area (Å²) in [6, 6.07) is 3.38. The Balaban J connectivity index is 1.84. The standard InChI is InChI=1S/C17H27F3N4O2/c1-3-21-15(23-11-16(2,25)14-5-4-8-26-14)22-9-13-6-7-24(10-13)12-17(18,19)20/h4-5,8,13,25H,3,6-7,9-12H2,1-2H3,(H2,21,22,23). The highest BCUT2D eigenvalue weighted by atomic mass is 19.4. The summed E-state index contributed by atoms with van der Waals surface area (Å²) in [7, 11) is 0. The molecule has 148 valence electrons. The Morgan fingerprint density at radius 1 is 1.42 bits per heavy atom. The third-order valence-corrected chi connectivity index (χ3v) is 4.27. The van der Waals surface area contributed by atoms with Crippen LogP contribution in [0.4, 0.5) is 13.2 Å². The van der Waals surface area contributed by atoms with Gasteiger partial charge in [0, 0.05) is 19.6 Å². The number of aliphatic hydroxyl groups is 1. The van der Waals surface area contributed by atoms with E-state index in [1.807, 2.05) is 6.92 Å². The second-order valence-corrected chi connectivity index (χ2v) is 6.83. The van der Waals surface area contributed by atoms with Gasteiger partial charge < -0.3 is 20.2 Å². The third kappa shape index (κ3) is 6.53. The minimum Gasteiger partial charge on any atom is -0.466 e. The predicted molar refractivity (Wildman–Crippen MR) is 92.9 cm³/mol. The van der Waals surface area contributed by atoms with Gasteiger partial charge in [0.25, 0.3) is 0 Å². The highest BCUT2D eigenvalue weighted by Gasteiger charge is 2.34. The Kier molecular flexibility index (Phi) is 6.94. The summed E-state index contributed by atoms with van der Waals surface area (Å²) < 4.78 is 42.6. The average Bonchev–Trinajstić information content (AvgIpc) is 3.20. The van der Waals surface area contributed by atoms with Crippen molar-refractivity contribution in [2.45, 2.75) is 32.0 Å². The molecular weight excluding hydrogens is 349 g/mol. The molecule has 0 aliphatic carbocycles. The molecule has 2 rings (SSSR count). The topological polar surface area (TPSA) is 73.0 Å². The Morgan fingerprint density at radius 3 is 2.81 bits per heavy atom. The minimum absolute atomic E-state index is 0.0979. The molecule has 1 aromatic rings. The number of hydrogen-bond donors (Lipinski definition) is 3. The normalized spacial score (nSPS) is 21.6. The maximum atomic E-state index is 12.5. The molecule has 2 heterocycles. The van der Waals surface area contributed by atoms with Crippen LogP contribution in [0.15, 0.2) is 27.8 Å². The SMILES string of the molecule is CCNC(=NCC(C)(O)c1ccco1)NCC1CCN(CC(F)(F)F)C1. The molecule has 1 fully saturated rings. The molecule has 3 N–H and O–H groups in total. The lowest BCUT2D eigenvalue weighted by molar-refractivity contribution is -0.143. The first-order valence-electron chi connectivity index (χ1n) is 8.77. The Hall–Kier alpha value is -1.74. The number of guanidine groups is 1. The van der Waals surface area contributed by atoms with Crippen molar-refractivity contribution in [2.24, 2.45) is 10.9 Å². The van der Waals surface area contributed by atoms with Crippen LogP contribution in [-0.4, -0.2) is 61.4 Å². The smallest absolute Gasteiger partial charge is 0.401 e. The van der Waals surface area contributed by atoms with Crippen molar-refractivity contribution in [3.05, 3.63) is 24.2 Å². The van der Waals surface area contributed by atoms with Crippen molar-refractivity contribution in [3.63, 3.8) is 0 Å². The molecule has 6 nitrogen and oxygen atoms in total. The molecule has 0 aromatic carbocycles. The molecular formula is C17H27F3N4O2. The Labute approximate surface area is 151 Å². The molecule has 1 aromatic heterocycles. The molecule has 2 atom stereocenters. The van der Waals surface area contributed by atoms with E-state index < -0.39 is 18.3 Å². The van der Waals surface area contributed by atoms with Crippen molar-refractivity contribution in [2.75, 3.05) is 39.3 Å². The monoisotopic (exact) mass is 376 g/mol. The Morgan fingerprint density at radius 2 is 2.19 bits per heavy atom. The molecule has 0 spiro atoms. The number of furan rings is 1. The van der Waals surface area contributed by atoms with Crippen LogP contribution >= 0.6 is 0 Å². The zero-order valence-corrected chi connectivity index (χ0v) is 15.1. The van der Waals surface area contributed by atoms with Gasteiger partial charge in [0.05, 0.1) is 19.4 Å². The zero-order chi connectivity index (χ0) is 19.2. The molecule has 0 amide bonds. The number of aliphatic imine (C=N–C) groups is 1. The second-order valence-electron chi connectivity index (χ2n) is 6.83. The van der Waals surface area contributed by atoms with Gasteiger partial charge in [0.1, 0.15) is 11.4 Å². The Bertz CT molecular complexity index is 573. The van der Waals surface area contributed by atoms with Gasteiger partial charge in [-0.05, 0) is 44.9 Å². The van der Waals surface area contributed by atoms with Crippen LogP contribution in [0.3, 0.4) is 0 Å². The molecule has 9 heteroatoms. The fourth-order valence-electron chi connectivity index (χ4n) is 2.96. The van der Waals surface area contributed by atoms with Crippen LogP contribution in [0.25, 0.3) is 0 Å². The quantitative estimate of drug-likeness (QED) is 0.501. The number of halogens is 3. The van der Waals surface area contributed by atoms with E-state index >= 15 is 0 Å². The zero-order valence-electron chi connectivity index (χ0n) is 15.1. The number of nitrogens with zero attached hydrogens (tertiary/aromatic N) is 2. The molecule has 2 unspecified atom stereocenters. The number of rotatable bonds is 7. The molecule has 26 heavy (non-hydrogen) atoms. The highest BCUT2D eigenvalue weighted by molar-refractivity contribution is 5.79. The van der Waals surface area contributed by atoms with E-state index in [0.717, 1.165) is 0 Å². The lowest BCUT2D eigenvalue weighted by atomic mass is 10.0. The maximum Gasteiger partial charge on any atom is 0.401 e. The van der Waals surface area contributed by atoms with Crippen LogP contribution < -0.4 is 10.6 Å². The molecule has 0 saturated carbocycles. The maximum absolute atomic E-state index is 12.5. The predicted octanol–water partition coefficient (Wildman–Crippen LogP) is 1.93. The van der Waals surface area contributed by atoms with Gasteiger partial charge in [-0.2, -0.15) is 13.2 Å². The van der Waals surface area contributed by atoms with Crippen LogP contribution in [0, 0.1) is 5.92 Å². The fourth-order valence-corrected chi connectivity index (χ4v) is 2.96. The molecule has 0 bridgehead atoms. The molecule has 0 radical (unpaired) electrons. The first kappa shape index (κ1) is 20.6. The van der Waals surface area contributed by atoms with E-state index in [1.54, 1.807) is 19.1 Å². The minimum atomic E-state index is -4.16. The summed E-state index contributed by atoms with van der Waals surface area (Å²) in [5.74, 6) is 1.08. The summed E-state index contributed by atoms with van der Waals surface area (Å²) in [4.78, 5) is 5.80. The number of likely N-dealkylation sites (tertiary alicyclic amines) is 1. The summed E-state index contributed by atoms with van der Waals surface area (Å²) in [5, 5.41) is 16.7. The fraction of sp³-hybridized carbons (Fsp3) is 0.706. The van der Waals surface area contributed by atoms with Gasteiger partial charge in [0.2, 0.25) is 0 Å². The summed E-state index contributed by atoms with van der Waals surface area (Å²) in [6.07, 6.45) is -1.95. The molecule has 1 saturated heterocycles. The lowest BCUT2D eigenvalue weighted by Gasteiger charge is -2.21. The first-order chi connectivity index (χ1) is 12.2. The largest absolute Gasteiger partial charge is 0.466 e. The van der Waals surface area contributed by atoms with Crippen molar-refractivity contribution >= 4 is 5.96 Å². The van der Waals surface area contributed by atoms with E-state index in [-0.39, 0.29) is 12.5 Å². The van der Waals surface area contributed by atoms with Crippen molar-refractivity contribution < 1.29 is 22.7 Å².